The summed E-state index contributed by atoms with van der Waals surface area (Å²) in [6, 6.07) is 0. The van der Waals surface area contributed by atoms with E-state index in [4.69, 9.17) is 5.73 Å². The van der Waals surface area contributed by atoms with E-state index in [1.807, 2.05) is 20.8 Å². The molecule has 1 unspecified atom stereocenters. The van der Waals surface area contributed by atoms with Crippen LogP contribution in [0, 0.1) is 5.92 Å². The number of sulfone groups is 1. The van der Waals surface area contributed by atoms with Crippen LogP contribution in [0.4, 0.5) is 0 Å². The zero-order valence-corrected chi connectivity index (χ0v) is 9.82. The Hall–Kier alpha value is -0.0900. The van der Waals surface area contributed by atoms with Gasteiger partial charge in [0.15, 0.2) is 0 Å². The van der Waals surface area contributed by atoms with Gasteiger partial charge in [0.25, 0.3) is 0 Å². The van der Waals surface area contributed by atoms with E-state index < -0.39 is 9.84 Å². The molecule has 13 heavy (non-hydrogen) atoms. The third-order valence-corrected chi connectivity index (χ3v) is 3.69. The minimum absolute atomic E-state index is 0.190. The molecule has 0 aliphatic rings. The summed E-state index contributed by atoms with van der Waals surface area (Å²) in [6.45, 7) is 6.07. The lowest BCUT2D eigenvalue weighted by Gasteiger charge is -2.32. The SMILES string of the molecule is CCC(N)(CCS(C)(=O)=O)C(C)C. The van der Waals surface area contributed by atoms with Gasteiger partial charge < -0.3 is 5.73 Å². The Morgan fingerprint density at radius 3 is 2.08 bits per heavy atom. The van der Waals surface area contributed by atoms with E-state index >= 15 is 0 Å². The molecule has 0 aliphatic heterocycles. The summed E-state index contributed by atoms with van der Waals surface area (Å²) in [7, 11) is -2.88. The summed E-state index contributed by atoms with van der Waals surface area (Å²) >= 11 is 0. The van der Waals surface area contributed by atoms with Crippen LogP contribution in [0.1, 0.15) is 33.6 Å². The summed E-state index contributed by atoms with van der Waals surface area (Å²) in [4.78, 5) is 0. The van der Waals surface area contributed by atoms with E-state index in [1.54, 1.807) is 0 Å². The van der Waals surface area contributed by atoms with E-state index in [-0.39, 0.29) is 11.3 Å². The van der Waals surface area contributed by atoms with Gasteiger partial charge in [-0.25, -0.2) is 8.42 Å². The molecule has 0 aromatic rings. The zero-order chi connectivity index (χ0) is 10.7. The second-order valence-electron chi connectivity index (χ2n) is 4.12. The van der Waals surface area contributed by atoms with Crippen molar-refractivity contribution in [1.82, 2.24) is 0 Å². The first-order valence-corrected chi connectivity index (χ1v) is 6.74. The Morgan fingerprint density at radius 2 is 1.85 bits per heavy atom. The van der Waals surface area contributed by atoms with Crippen LogP contribution in [0.15, 0.2) is 0 Å². The molecule has 0 fully saturated rings. The van der Waals surface area contributed by atoms with Crippen LogP contribution in [0.3, 0.4) is 0 Å². The summed E-state index contributed by atoms with van der Waals surface area (Å²) in [5, 5.41) is 0. The van der Waals surface area contributed by atoms with Gasteiger partial charge in [-0.05, 0) is 18.8 Å². The smallest absolute Gasteiger partial charge is 0.147 e. The van der Waals surface area contributed by atoms with E-state index in [1.165, 1.54) is 6.26 Å². The fourth-order valence-electron chi connectivity index (χ4n) is 1.25. The van der Waals surface area contributed by atoms with Crippen molar-refractivity contribution in [3.63, 3.8) is 0 Å². The van der Waals surface area contributed by atoms with Crippen LogP contribution in [-0.4, -0.2) is 26.0 Å². The van der Waals surface area contributed by atoms with Gasteiger partial charge in [-0.1, -0.05) is 20.8 Å². The van der Waals surface area contributed by atoms with Crippen molar-refractivity contribution in [2.75, 3.05) is 12.0 Å². The second-order valence-corrected chi connectivity index (χ2v) is 6.38. The van der Waals surface area contributed by atoms with Gasteiger partial charge >= 0.3 is 0 Å². The molecule has 3 nitrogen and oxygen atoms in total. The van der Waals surface area contributed by atoms with E-state index in [0.29, 0.717) is 12.3 Å². The Bertz CT molecular complexity index is 246. The highest BCUT2D eigenvalue weighted by molar-refractivity contribution is 7.90. The van der Waals surface area contributed by atoms with Crippen LogP contribution < -0.4 is 5.73 Å². The topological polar surface area (TPSA) is 60.2 Å². The van der Waals surface area contributed by atoms with Crippen LogP contribution in [0.2, 0.25) is 0 Å². The molecule has 0 amide bonds. The minimum Gasteiger partial charge on any atom is -0.325 e. The summed E-state index contributed by atoms with van der Waals surface area (Å²) in [5.41, 5.74) is 5.75. The minimum atomic E-state index is -2.88. The molecule has 0 saturated heterocycles. The van der Waals surface area contributed by atoms with Crippen molar-refractivity contribution in [3.05, 3.63) is 0 Å². The van der Waals surface area contributed by atoms with Gasteiger partial charge in [-0.2, -0.15) is 0 Å². The first-order chi connectivity index (χ1) is 5.71. The van der Waals surface area contributed by atoms with Crippen molar-refractivity contribution in [3.8, 4) is 0 Å². The fraction of sp³-hybridized carbons (Fsp3) is 1.00. The molecule has 80 valence electrons. The molecule has 0 radical (unpaired) electrons. The summed E-state index contributed by atoms with van der Waals surface area (Å²) in [6.07, 6.45) is 2.63. The fourth-order valence-corrected chi connectivity index (χ4v) is 2.00. The highest BCUT2D eigenvalue weighted by Crippen LogP contribution is 2.22. The van der Waals surface area contributed by atoms with Gasteiger partial charge in [0, 0.05) is 11.8 Å². The molecule has 1 atom stereocenters. The van der Waals surface area contributed by atoms with Crippen LogP contribution in [0.5, 0.6) is 0 Å². The number of nitrogens with two attached hydrogens (primary N) is 1. The Balaban J connectivity index is 4.30. The summed E-state index contributed by atoms with van der Waals surface area (Å²) in [5.74, 6) is 0.509. The molecule has 0 aliphatic carbocycles. The van der Waals surface area contributed by atoms with Gasteiger partial charge in [-0.3, -0.25) is 0 Å². The first-order valence-electron chi connectivity index (χ1n) is 4.68. The highest BCUT2D eigenvalue weighted by Gasteiger charge is 2.27. The average Bonchev–Trinajstić information content (AvgIpc) is 1.98. The van der Waals surface area contributed by atoms with Gasteiger partial charge in [0.05, 0.1) is 5.75 Å². The largest absolute Gasteiger partial charge is 0.325 e. The van der Waals surface area contributed by atoms with Gasteiger partial charge in [-0.15, -0.1) is 0 Å². The molecule has 0 aromatic heterocycles. The molecule has 0 spiro atoms. The molecule has 0 rings (SSSR count). The lowest BCUT2D eigenvalue weighted by atomic mass is 9.83. The number of hydrogen-bond acceptors (Lipinski definition) is 3. The molecular weight excluding hydrogens is 186 g/mol. The monoisotopic (exact) mass is 207 g/mol. The van der Waals surface area contributed by atoms with Crippen molar-refractivity contribution < 1.29 is 8.42 Å². The molecule has 0 bridgehead atoms. The van der Waals surface area contributed by atoms with Crippen molar-refractivity contribution >= 4 is 9.84 Å². The third-order valence-electron chi connectivity index (χ3n) is 2.75. The Morgan fingerprint density at radius 1 is 1.38 bits per heavy atom. The number of hydrogen-bond donors (Lipinski definition) is 1. The highest BCUT2D eigenvalue weighted by atomic mass is 32.2. The number of rotatable bonds is 5. The Kier molecular flexibility index (Phi) is 4.39. The van der Waals surface area contributed by atoms with Crippen LogP contribution in [0.25, 0.3) is 0 Å². The van der Waals surface area contributed by atoms with Crippen molar-refractivity contribution in [2.45, 2.75) is 39.2 Å². The predicted molar refractivity (Wildman–Crippen MR) is 56.4 cm³/mol. The van der Waals surface area contributed by atoms with Crippen LogP contribution in [-0.2, 0) is 9.84 Å². The maximum absolute atomic E-state index is 11.0. The van der Waals surface area contributed by atoms with Crippen molar-refractivity contribution in [2.24, 2.45) is 11.7 Å². The lowest BCUT2D eigenvalue weighted by molar-refractivity contribution is 0.289. The maximum atomic E-state index is 11.0. The van der Waals surface area contributed by atoms with Gasteiger partial charge in [0.1, 0.15) is 9.84 Å². The standard InChI is InChI=1S/C9H21NO2S/c1-5-9(10,8(2)3)6-7-13(4,11)12/h8H,5-7,10H2,1-4H3. The molecule has 0 aromatic carbocycles. The predicted octanol–water partition coefficient (Wildman–Crippen LogP) is 1.18. The molecule has 2 N–H and O–H groups in total. The van der Waals surface area contributed by atoms with Crippen LogP contribution >= 0.6 is 0 Å². The first kappa shape index (κ1) is 12.9. The third kappa shape index (κ3) is 4.62. The van der Waals surface area contributed by atoms with E-state index in [2.05, 4.69) is 0 Å². The average molecular weight is 207 g/mol. The second kappa shape index (κ2) is 4.42. The molecule has 4 heteroatoms. The summed E-state index contributed by atoms with van der Waals surface area (Å²) < 4.78 is 21.9. The molecular formula is C9H21NO2S. The van der Waals surface area contributed by atoms with Gasteiger partial charge in [0.2, 0.25) is 0 Å². The maximum Gasteiger partial charge on any atom is 0.147 e. The van der Waals surface area contributed by atoms with Crippen molar-refractivity contribution in [1.29, 1.82) is 0 Å². The normalized spacial score (nSPS) is 17.4. The quantitative estimate of drug-likeness (QED) is 0.736. The molecule has 0 saturated carbocycles. The van der Waals surface area contributed by atoms with E-state index in [9.17, 15) is 8.42 Å². The van der Waals surface area contributed by atoms with E-state index in [0.717, 1.165) is 6.42 Å². The zero-order valence-electron chi connectivity index (χ0n) is 9.00. The lowest BCUT2D eigenvalue weighted by Crippen LogP contribution is -2.45. The molecule has 0 heterocycles. The Labute approximate surface area is 81.6 Å².